The third kappa shape index (κ3) is 3.61. The van der Waals surface area contributed by atoms with Gasteiger partial charge in [-0.3, -0.25) is 0 Å². The lowest BCUT2D eigenvalue weighted by Gasteiger charge is -2.18. The van der Waals surface area contributed by atoms with Gasteiger partial charge in [-0.25, -0.2) is 0 Å². The molecule has 1 unspecified atom stereocenters. The number of ether oxygens (including phenoxy) is 2. The van der Waals surface area contributed by atoms with Gasteiger partial charge < -0.3 is 20.1 Å². The number of para-hydroxylation sites is 1. The largest absolute Gasteiger partial charge is 0.493 e. The minimum atomic E-state index is 0.267. The second kappa shape index (κ2) is 6.78. The highest BCUT2D eigenvalue weighted by Gasteiger charge is 2.22. The lowest BCUT2D eigenvalue weighted by Crippen LogP contribution is -2.21. The molecule has 19 heavy (non-hydrogen) atoms. The van der Waals surface area contributed by atoms with E-state index in [1.165, 1.54) is 5.56 Å². The van der Waals surface area contributed by atoms with E-state index < -0.39 is 0 Å². The van der Waals surface area contributed by atoms with Crippen LogP contribution in [0.15, 0.2) is 18.2 Å². The highest BCUT2D eigenvalue weighted by atomic mass is 16.5. The van der Waals surface area contributed by atoms with Crippen LogP contribution in [-0.4, -0.2) is 44.8 Å². The van der Waals surface area contributed by atoms with Crippen molar-refractivity contribution in [2.24, 2.45) is 5.73 Å². The van der Waals surface area contributed by atoms with E-state index in [9.17, 15) is 0 Å². The number of hydrogen-bond acceptors (Lipinski definition) is 4. The van der Waals surface area contributed by atoms with Gasteiger partial charge in [0.25, 0.3) is 0 Å². The number of likely N-dealkylation sites (N-methyl/N-ethyl adjacent to an activating group) is 1. The maximum absolute atomic E-state index is 6.09. The lowest BCUT2D eigenvalue weighted by molar-refractivity contribution is 0.199. The van der Waals surface area contributed by atoms with Crippen LogP contribution in [0.1, 0.15) is 18.4 Å². The van der Waals surface area contributed by atoms with E-state index in [1.54, 1.807) is 7.11 Å². The van der Waals surface area contributed by atoms with Gasteiger partial charge in [-0.1, -0.05) is 12.1 Å². The smallest absolute Gasteiger partial charge is 0.163 e. The number of rotatable bonds is 6. The van der Waals surface area contributed by atoms with Crippen LogP contribution >= 0.6 is 0 Å². The quantitative estimate of drug-likeness (QED) is 0.849. The fourth-order valence-electron chi connectivity index (χ4n) is 2.55. The van der Waals surface area contributed by atoms with Crippen LogP contribution in [-0.2, 0) is 6.42 Å². The molecule has 0 aromatic heterocycles. The van der Waals surface area contributed by atoms with Crippen molar-refractivity contribution in [3.63, 3.8) is 0 Å². The van der Waals surface area contributed by atoms with E-state index in [1.807, 2.05) is 12.1 Å². The second-order valence-corrected chi connectivity index (χ2v) is 5.13. The molecule has 1 atom stereocenters. The zero-order chi connectivity index (χ0) is 13.7. The molecule has 0 aliphatic carbocycles. The summed E-state index contributed by atoms with van der Waals surface area (Å²) in [4.78, 5) is 2.29. The molecule has 106 valence electrons. The van der Waals surface area contributed by atoms with E-state index in [-0.39, 0.29) is 6.10 Å². The molecule has 1 aromatic rings. The fourth-order valence-corrected chi connectivity index (χ4v) is 2.55. The third-order valence-electron chi connectivity index (χ3n) is 3.56. The molecule has 1 aliphatic rings. The van der Waals surface area contributed by atoms with Gasteiger partial charge >= 0.3 is 0 Å². The summed E-state index contributed by atoms with van der Waals surface area (Å²) in [7, 11) is 3.83. The first-order valence-electron chi connectivity index (χ1n) is 6.95. The van der Waals surface area contributed by atoms with Crippen LogP contribution in [0.3, 0.4) is 0 Å². The van der Waals surface area contributed by atoms with Crippen molar-refractivity contribution in [2.45, 2.75) is 25.4 Å². The summed E-state index contributed by atoms with van der Waals surface area (Å²) in [5, 5.41) is 0. The van der Waals surface area contributed by atoms with Crippen molar-refractivity contribution in [3.05, 3.63) is 23.8 Å². The predicted octanol–water partition coefficient (Wildman–Crippen LogP) is 1.67. The topological polar surface area (TPSA) is 47.7 Å². The molecular formula is C15H24N2O2. The Morgan fingerprint density at radius 1 is 1.42 bits per heavy atom. The normalized spacial score (nSPS) is 19.6. The molecule has 4 heteroatoms. The van der Waals surface area contributed by atoms with Gasteiger partial charge in [-0.05, 0) is 44.5 Å². The molecule has 2 rings (SSSR count). The highest BCUT2D eigenvalue weighted by Crippen LogP contribution is 2.33. The SMILES string of the molecule is COc1c(CCCN)cccc1OC1CCN(C)C1. The maximum Gasteiger partial charge on any atom is 0.163 e. The van der Waals surface area contributed by atoms with Gasteiger partial charge in [0.2, 0.25) is 0 Å². The average Bonchev–Trinajstić information content (AvgIpc) is 2.82. The first-order chi connectivity index (χ1) is 9.24. The second-order valence-electron chi connectivity index (χ2n) is 5.13. The number of aryl methyl sites for hydroxylation is 1. The van der Waals surface area contributed by atoms with Crippen LogP contribution in [0, 0.1) is 0 Å². The van der Waals surface area contributed by atoms with Crippen molar-refractivity contribution in [1.29, 1.82) is 0 Å². The standard InChI is InChI=1S/C15H24N2O2/c1-17-10-8-13(11-17)19-14-7-3-5-12(6-4-9-16)15(14)18-2/h3,5,7,13H,4,6,8-11,16H2,1-2H3. The van der Waals surface area contributed by atoms with Crippen LogP contribution in [0.5, 0.6) is 11.5 Å². The van der Waals surface area contributed by atoms with Crippen molar-refractivity contribution >= 4 is 0 Å². The summed E-state index contributed by atoms with van der Waals surface area (Å²) in [5.74, 6) is 1.72. The zero-order valence-corrected chi connectivity index (χ0v) is 11.9. The summed E-state index contributed by atoms with van der Waals surface area (Å²) in [5.41, 5.74) is 6.75. The Labute approximate surface area is 115 Å². The van der Waals surface area contributed by atoms with Gasteiger partial charge in [0.05, 0.1) is 7.11 Å². The number of methoxy groups -OCH3 is 1. The first kappa shape index (κ1) is 14.2. The molecule has 1 aliphatic heterocycles. The number of nitrogens with zero attached hydrogens (tertiary/aromatic N) is 1. The minimum absolute atomic E-state index is 0.267. The molecule has 1 aromatic carbocycles. The summed E-state index contributed by atoms with van der Waals surface area (Å²) >= 11 is 0. The molecule has 2 N–H and O–H groups in total. The predicted molar refractivity (Wildman–Crippen MR) is 76.9 cm³/mol. The van der Waals surface area contributed by atoms with Crippen molar-refractivity contribution < 1.29 is 9.47 Å². The molecule has 1 heterocycles. The van der Waals surface area contributed by atoms with Crippen LogP contribution in [0.4, 0.5) is 0 Å². The van der Waals surface area contributed by atoms with Crippen molar-refractivity contribution in [3.8, 4) is 11.5 Å². The Morgan fingerprint density at radius 3 is 2.89 bits per heavy atom. The van der Waals surface area contributed by atoms with E-state index in [0.717, 1.165) is 43.9 Å². The highest BCUT2D eigenvalue weighted by molar-refractivity contribution is 5.46. The third-order valence-corrected chi connectivity index (χ3v) is 3.56. The fraction of sp³-hybridized carbons (Fsp3) is 0.600. The molecule has 0 saturated carbocycles. The summed E-state index contributed by atoms with van der Waals surface area (Å²) in [6, 6.07) is 6.10. The Balaban J connectivity index is 2.10. The van der Waals surface area contributed by atoms with Gasteiger partial charge in [0.1, 0.15) is 6.10 Å². The summed E-state index contributed by atoms with van der Waals surface area (Å²) in [6.45, 7) is 2.78. The van der Waals surface area contributed by atoms with Gasteiger partial charge in [0.15, 0.2) is 11.5 Å². The number of hydrogen-bond donors (Lipinski definition) is 1. The van der Waals surface area contributed by atoms with Crippen LogP contribution < -0.4 is 15.2 Å². The lowest BCUT2D eigenvalue weighted by atomic mass is 10.1. The molecule has 0 bridgehead atoms. The number of benzene rings is 1. The average molecular weight is 264 g/mol. The number of nitrogens with two attached hydrogens (primary N) is 1. The van der Waals surface area contributed by atoms with Crippen molar-refractivity contribution in [1.82, 2.24) is 4.90 Å². The first-order valence-corrected chi connectivity index (χ1v) is 6.95. The molecular weight excluding hydrogens is 240 g/mol. The molecule has 0 amide bonds. The maximum atomic E-state index is 6.09. The minimum Gasteiger partial charge on any atom is -0.493 e. The zero-order valence-electron chi connectivity index (χ0n) is 11.9. The summed E-state index contributed by atoms with van der Waals surface area (Å²) < 4.78 is 11.6. The molecule has 0 spiro atoms. The Bertz CT molecular complexity index is 409. The van der Waals surface area contributed by atoms with E-state index >= 15 is 0 Å². The molecule has 4 nitrogen and oxygen atoms in total. The van der Waals surface area contributed by atoms with Gasteiger partial charge in [0, 0.05) is 13.1 Å². The van der Waals surface area contributed by atoms with E-state index in [4.69, 9.17) is 15.2 Å². The van der Waals surface area contributed by atoms with E-state index in [0.29, 0.717) is 6.54 Å². The molecule has 0 radical (unpaired) electrons. The van der Waals surface area contributed by atoms with Crippen LogP contribution in [0.2, 0.25) is 0 Å². The van der Waals surface area contributed by atoms with Crippen LogP contribution in [0.25, 0.3) is 0 Å². The summed E-state index contributed by atoms with van der Waals surface area (Å²) in [6.07, 6.45) is 3.24. The van der Waals surface area contributed by atoms with Gasteiger partial charge in [-0.15, -0.1) is 0 Å². The molecule has 1 saturated heterocycles. The molecule has 1 fully saturated rings. The Morgan fingerprint density at radius 2 is 2.26 bits per heavy atom. The van der Waals surface area contributed by atoms with Crippen molar-refractivity contribution in [2.75, 3.05) is 33.8 Å². The Hall–Kier alpha value is -1.26. The van der Waals surface area contributed by atoms with E-state index in [2.05, 4.69) is 18.0 Å². The monoisotopic (exact) mass is 264 g/mol. The van der Waals surface area contributed by atoms with Gasteiger partial charge in [-0.2, -0.15) is 0 Å². The number of likely N-dealkylation sites (tertiary alicyclic amines) is 1. The Kier molecular flexibility index (Phi) is 5.05.